The molecule has 2 aromatic carbocycles. The molecule has 106 valence electrons. The maximum absolute atomic E-state index is 9.40. The van der Waals surface area contributed by atoms with Crippen LogP contribution < -0.4 is 10.5 Å². The van der Waals surface area contributed by atoms with Crippen LogP contribution in [0.4, 0.5) is 11.4 Å². The van der Waals surface area contributed by atoms with Gasteiger partial charge in [-0.15, -0.1) is 6.42 Å². The van der Waals surface area contributed by atoms with E-state index in [4.69, 9.17) is 23.5 Å². The molecule has 0 bridgehead atoms. The number of nitrogens with two attached hydrogens (primary N) is 1. The second-order valence-electron chi connectivity index (χ2n) is 4.62. The third-order valence-electron chi connectivity index (χ3n) is 3.24. The van der Waals surface area contributed by atoms with Crippen LogP contribution >= 0.6 is 0 Å². The van der Waals surface area contributed by atoms with Crippen LogP contribution in [0.1, 0.15) is 11.1 Å². The Morgan fingerprint density at radius 2 is 2.05 bits per heavy atom. The zero-order valence-electron chi connectivity index (χ0n) is 12.1. The molecule has 0 amide bonds. The number of rotatable bonds is 3. The molecule has 2 aromatic rings. The van der Waals surface area contributed by atoms with Crippen molar-refractivity contribution in [3.05, 3.63) is 52.9 Å². The summed E-state index contributed by atoms with van der Waals surface area (Å²) in [5.74, 6) is 3.06. The van der Waals surface area contributed by atoms with E-state index < -0.39 is 0 Å². The molecule has 0 aliphatic heterocycles. The van der Waals surface area contributed by atoms with Gasteiger partial charge >= 0.3 is 0 Å². The summed E-state index contributed by atoms with van der Waals surface area (Å²) >= 11 is 0. The highest BCUT2D eigenvalue weighted by Crippen LogP contribution is 2.37. The van der Waals surface area contributed by atoms with Gasteiger partial charge in [0.05, 0.1) is 17.8 Å². The maximum Gasteiger partial charge on any atom is 0.210 e. The molecule has 0 heterocycles. The van der Waals surface area contributed by atoms with Crippen LogP contribution in [0.5, 0.6) is 5.75 Å². The summed E-state index contributed by atoms with van der Waals surface area (Å²) in [5.41, 5.74) is 9.16. The number of nitrogen functional groups attached to an aromatic ring is 1. The number of anilines is 1. The van der Waals surface area contributed by atoms with E-state index in [0.717, 1.165) is 16.7 Å². The van der Waals surface area contributed by atoms with Crippen molar-refractivity contribution in [3.8, 4) is 35.3 Å². The molecular formula is C18H13N3O. The van der Waals surface area contributed by atoms with Crippen LogP contribution in [0.25, 0.3) is 16.0 Å². The highest BCUT2D eigenvalue weighted by Gasteiger charge is 2.15. The van der Waals surface area contributed by atoms with Crippen molar-refractivity contribution in [2.75, 3.05) is 12.3 Å². The minimum absolute atomic E-state index is 0.203. The standard InChI is InChI=1S/C18H13N3O/c1-4-9-22-14-7-5-13(6-8-14)17-12(2)10-16(21-3)18(20)15(17)11-19/h1,5-8,10H,9,20H2,2H3. The lowest BCUT2D eigenvalue weighted by atomic mass is 9.93. The first-order valence-electron chi connectivity index (χ1n) is 6.49. The normalized spacial score (nSPS) is 9.36. The van der Waals surface area contributed by atoms with Gasteiger partial charge in [0.15, 0.2) is 0 Å². The Morgan fingerprint density at radius 1 is 1.36 bits per heavy atom. The highest BCUT2D eigenvalue weighted by atomic mass is 16.5. The number of nitriles is 1. The SMILES string of the molecule is [C-]#[N+]c1cc(C)c(-c2ccc(OCC#C)cc2)c(C#N)c1N. The first kappa shape index (κ1) is 15.0. The van der Waals surface area contributed by atoms with Crippen molar-refractivity contribution >= 4 is 11.4 Å². The van der Waals surface area contributed by atoms with Gasteiger partial charge < -0.3 is 10.5 Å². The van der Waals surface area contributed by atoms with Crippen molar-refractivity contribution in [1.29, 1.82) is 5.26 Å². The highest BCUT2D eigenvalue weighted by molar-refractivity contribution is 5.87. The summed E-state index contributed by atoms with van der Waals surface area (Å²) in [5, 5.41) is 9.40. The van der Waals surface area contributed by atoms with E-state index in [0.29, 0.717) is 17.0 Å². The fourth-order valence-corrected chi connectivity index (χ4v) is 2.24. The predicted molar refractivity (Wildman–Crippen MR) is 86.3 cm³/mol. The van der Waals surface area contributed by atoms with E-state index >= 15 is 0 Å². The molecule has 0 spiro atoms. The number of terminal acetylenes is 1. The van der Waals surface area contributed by atoms with Crippen LogP contribution in [-0.2, 0) is 0 Å². The Kier molecular flexibility index (Phi) is 4.33. The minimum atomic E-state index is 0.203. The van der Waals surface area contributed by atoms with Gasteiger partial charge in [-0.1, -0.05) is 29.7 Å². The summed E-state index contributed by atoms with van der Waals surface area (Å²) in [4.78, 5) is 3.36. The van der Waals surface area contributed by atoms with Gasteiger partial charge in [-0.05, 0) is 24.6 Å². The quantitative estimate of drug-likeness (QED) is 0.532. The smallest absolute Gasteiger partial charge is 0.210 e. The van der Waals surface area contributed by atoms with Gasteiger partial charge in [-0.3, -0.25) is 0 Å². The number of ether oxygens (including phenoxy) is 1. The van der Waals surface area contributed by atoms with Crippen molar-refractivity contribution < 1.29 is 4.74 Å². The third kappa shape index (κ3) is 2.70. The van der Waals surface area contributed by atoms with Crippen LogP contribution in [0, 0.1) is 37.2 Å². The lowest BCUT2D eigenvalue weighted by molar-refractivity contribution is 0.370. The van der Waals surface area contributed by atoms with E-state index in [1.165, 1.54) is 0 Å². The summed E-state index contributed by atoms with van der Waals surface area (Å²) in [6.07, 6.45) is 5.15. The van der Waals surface area contributed by atoms with Crippen LogP contribution in [0.3, 0.4) is 0 Å². The van der Waals surface area contributed by atoms with E-state index in [1.807, 2.05) is 19.1 Å². The molecule has 0 saturated heterocycles. The van der Waals surface area contributed by atoms with Crippen molar-refractivity contribution in [3.63, 3.8) is 0 Å². The first-order chi connectivity index (χ1) is 10.6. The molecule has 0 unspecified atom stereocenters. The number of hydrogen-bond acceptors (Lipinski definition) is 3. The number of nitrogens with zero attached hydrogens (tertiary/aromatic N) is 2. The zero-order valence-corrected chi connectivity index (χ0v) is 12.1. The van der Waals surface area contributed by atoms with Gasteiger partial charge in [0, 0.05) is 5.56 Å². The van der Waals surface area contributed by atoms with Crippen molar-refractivity contribution in [2.24, 2.45) is 0 Å². The largest absolute Gasteiger partial charge is 0.481 e. The van der Waals surface area contributed by atoms with Crippen molar-refractivity contribution in [1.82, 2.24) is 0 Å². The maximum atomic E-state index is 9.40. The van der Waals surface area contributed by atoms with Gasteiger partial charge in [0.2, 0.25) is 5.69 Å². The molecular weight excluding hydrogens is 274 g/mol. The molecule has 0 aliphatic rings. The summed E-state index contributed by atoms with van der Waals surface area (Å²) in [6, 6.07) is 11.0. The third-order valence-corrected chi connectivity index (χ3v) is 3.24. The molecule has 2 N–H and O–H groups in total. The second kappa shape index (κ2) is 6.35. The Balaban J connectivity index is 2.54. The van der Waals surface area contributed by atoms with Crippen LogP contribution in [-0.4, -0.2) is 6.61 Å². The molecule has 0 fully saturated rings. The Hall–Kier alpha value is -3.42. The number of aryl methyl sites for hydroxylation is 1. The molecule has 0 aromatic heterocycles. The Bertz CT molecular complexity index is 831. The lowest BCUT2D eigenvalue weighted by Gasteiger charge is -2.13. The van der Waals surface area contributed by atoms with Gasteiger partial charge in [0.1, 0.15) is 18.4 Å². The summed E-state index contributed by atoms with van der Waals surface area (Å²) in [7, 11) is 0. The number of benzene rings is 2. The molecule has 0 saturated carbocycles. The van der Waals surface area contributed by atoms with Crippen molar-refractivity contribution in [2.45, 2.75) is 6.92 Å². The monoisotopic (exact) mass is 287 g/mol. The molecule has 2 rings (SSSR count). The first-order valence-corrected chi connectivity index (χ1v) is 6.49. The molecule has 0 radical (unpaired) electrons. The fraction of sp³-hybridized carbons (Fsp3) is 0.111. The number of hydrogen-bond donors (Lipinski definition) is 1. The lowest BCUT2D eigenvalue weighted by Crippen LogP contribution is -1.97. The molecule has 4 nitrogen and oxygen atoms in total. The van der Waals surface area contributed by atoms with Gasteiger partial charge in [-0.2, -0.15) is 5.26 Å². The van der Waals surface area contributed by atoms with Crippen LogP contribution in [0.2, 0.25) is 0 Å². The Labute approximate surface area is 129 Å². The summed E-state index contributed by atoms with van der Waals surface area (Å²) < 4.78 is 5.33. The summed E-state index contributed by atoms with van der Waals surface area (Å²) in [6.45, 7) is 9.18. The minimum Gasteiger partial charge on any atom is -0.481 e. The van der Waals surface area contributed by atoms with Gasteiger partial charge in [-0.25, -0.2) is 4.85 Å². The average Bonchev–Trinajstić information content (AvgIpc) is 2.54. The van der Waals surface area contributed by atoms with E-state index in [2.05, 4.69) is 16.8 Å². The predicted octanol–water partition coefficient (Wildman–Crippen LogP) is 3.68. The van der Waals surface area contributed by atoms with E-state index in [1.54, 1.807) is 18.2 Å². The van der Waals surface area contributed by atoms with E-state index in [9.17, 15) is 5.26 Å². The van der Waals surface area contributed by atoms with Gasteiger partial charge in [0.25, 0.3) is 0 Å². The molecule has 0 atom stereocenters. The Morgan fingerprint density at radius 3 is 2.59 bits per heavy atom. The molecule has 22 heavy (non-hydrogen) atoms. The fourth-order valence-electron chi connectivity index (χ4n) is 2.24. The second-order valence-corrected chi connectivity index (χ2v) is 4.62. The molecule has 0 aliphatic carbocycles. The topological polar surface area (TPSA) is 63.4 Å². The van der Waals surface area contributed by atoms with E-state index in [-0.39, 0.29) is 12.3 Å². The molecule has 4 heteroatoms. The average molecular weight is 287 g/mol. The van der Waals surface area contributed by atoms with Crippen LogP contribution in [0.15, 0.2) is 30.3 Å². The zero-order chi connectivity index (χ0) is 16.1.